The van der Waals surface area contributed by atoms with Crippen LogP contribution in [-0.2, 0) is 6.54 Å². The molecular weight excluding hydrogens is 382 g/mol. The van der Waals surface area contributed by atoms with Gasteiger partial charge in [-0.2, -0.15) is 5.10 Å². The summed E-state index contributed by atoms with van der Waals surface area (Å²) >= 11 is 6.23. The fraction of sp³-hybridized carbons (Fsp3) is 0.200. The molecule has 0 saturated carbocycles. The van der Waals surface area contributed by atoms with E-state index in [1.807, 2.05) is 42.6 Å². The van der Waals surface area contributed by atoms with Gasteiger partial charge in [0.15, 0.2) is 11.5 Å². The minimum absolute atomic E-state index is 0.193. The lowest BCUT2D eigenvalue weighted by Gasteiger charge is -2.18. The van der Waals surface area contributed by atoms with E-state index in [4.69, 9.17) is 26.2 Å². The zero-order valence-electron chi connectivity index (χ0n) is 15.1. The van der Waals surface area contributed by atoms with E-state index in [9.17, 15) is 4.79 Å². The summed E-state index contributed by atoms with van der Waals surface area (Å²) in [4.78, 5) is 12.3. The number of ether oxygens (including phenoxy) is 2. The number of hydrogen-bond acceptors (Lipinski definition) is 4. The van der Waals surface area contributed by atoms with Crippen molar-refractivity contribution in [1.82, 2.24) is 14.7 Å². The van der Waals surface area contributed by atoms with E-state index in [1.54, 1.807) is 10.7 Å². The molecule has 0 atom stereocenters. The van der Waals surface area contributed by atoms with Gasteiger partial charge in [-0.1, -0.05) is 11.6 Å². The largest absolute Gasteiger partial charge is 0.486 e. The molecule has 0 bridgehead atoms. The van der Waals surface area contributed by atoms with Crippen LogP contribution in [0.25, 0.3) is 16.9 Å². The molecule has 1 amide bonds. The molecule has 28 heavy (non-hydrogen) atoms. The fourth-order valence-corrected chi connectivity index (χ4v) is 3.15. The first kappa shape index (κ1) is 18.2. The van der Waals surface area contributed by atoms with E-state index in [-0.39, 0.29) is 6.54 Å². The highest BCUT2D eigenvalue weighted by Crippen LogP contribution is 2.34. The summed E-state index contributed by atoms with van der Waals surface area (Å²) in [6.45, 7) is 1.28. The van der Waals surface area contributed by atoms with Crippen LogP contribution in [0.1, 0.15) is 5.56 Å². The van der Waals surface area contributed by atoms with Crippen LogP contribution in [0.3, 0.4) is 0 Å². The molecule has 1 aliphatic heterocycles. The van der Waals surface area contributed by atoms with Crippen molar-refractivity contribution in [3.05, 3.63) is 59.2 Å². The molecule has 0 fully saturated rings. The summed E-state index contributed by atoms with van der Waals surface area (Å²) in [5.41, 5.74) is 3.21. The van der Waals surface area contributed by atoms with Crippen molar-refractivity contribution >= 4 is 17.7 Å². The van der Waals surface area contributed by atoms with Crippen LogP contribution in [0.2, 0.25) is 5.02 Å². The molecule has 2 aromatic carbocycles. The maximum Gasteiger partial charge on any atom is 0.407 e. The van der Waals surface area contributed by atoms with E-state index >= 15 is 0 Å². The van der Waals surface area contributed by atoms with Gasteiger partial charge in [-0.05, 0) is 48.0 Å². The van der Waals surface area contributed by atoms with Gasteiger partial charge in [0.1, 0.15) is 13.2 Å². The predicted molar refractivity (Wildman–Crippen MR) is 104 cm³/mol. The van der Waals surface area contributed by atoms with E-state index in [0.29, 0.717) is 29.5 Å². The Hall–Kier alpha value is -3.19. The van der Waals surface area contributed by atoms with Gasteiger partial charge in [0.05, 0.1) is 17.9 Å². The molecule has 0 radical (unpaired) electrons. The first-order chi connectivity index (χ1) is 13.5. The lowest BCUT2D eigenvalue weighted by Crippen LogP contribution is -2.24. The summed E-state index contributed by atoms with van der Waals surface area (Å²) in [6, 6.07) is 13.1. The third-order valence-electron chi connectivity index (χ3n) is 4.45. The quantitative estimate of drug-likeness (QED) is 0.715. The first-order valence-corrected chi connectivity index (χ1v) is 9.07. The van der Waals surface area contributed by atoms with E-state index in [2.05, 4.69) is 5.10 Å². The van der Waals surface area contributed by atoms with Crippen molar-refractivity contribution in [2.75, 3.05) is 20.3 Å². The minimum atomic E-state index is -1.01. The molecule has 1 aromatic heterocycles. The number of carboxylic acid groups (broad SMARTS) is 1. The Labute approximate surface area is 166 Å². The smallest absolute Gasteiger partial charge is 0.407 e. The molecule has 2 heterocycles. The molecule has 0 spiro atoms. The van der Waals surface area contributed by atoms with E-state index in [1.165, 1.54) is 11.9 Å². The van der Waals surface area contributed by atoms with Gasteiger partial charge in [-0.15, -0.1) is 0 Å². The molecule has 4 rings (SSSR count). The number of nitrogens with zero attached hydrogens (tertiary/aromatic N) is 3. The molecule has 0 saturated heterocycles. The summed E-state index contributed by atoms with van der Waals surface area (Å²) < 4.78 is 12.9. The van der Waals surface area contributed by atoms with Crippen molar-refractivity contribution in [2.45, 2.75) is 6.54 Å². The highest BCUT2D eigenvalue weighted by molar-refractivity contribution is 6.31. The van der Waals surface area contributed by atoms with Crippen LogP contribution < -0.4 is 9.47 Å². The first-order valence-electron chi connectivity index (χ1n) is 8.70. The lowest BCUT2D eigenvalue weighted by molar-refractivity contribution is 0.154. The van der Waals surface area contributed by atoms with Crippen LogP contribution in [-0.4, -0.2) is 46.1 Å². The summed E-state index contributed by atoms with van der Waals surface area (Å²) in [6.07, 6.45) is 0.835. The minimum Gasteiger partial charge on any atom is -0.486 e. The molecule has 0 aliphatic carbocycles. The molecule has 144 valence electrons. The number of benzene rings is 2. The van der Waals surface area contributed by atoms with Gasteiger partial charge in [0.25, 0.3) is 0 Å². The normalized spacial score (nSPS) is 12.6. The van der Waals surface area contributed by atoms with Crippen molar-refractivity contribution in [3.63, 3.8) is 0 Å². The van der Waals surface area contributed by atoms with Gasteiger partial charge in [-0.3, -0.25) is 0 Å². The number of carbonyl (C=O) groups is 1. The number of halogens is 1. The Balaban J connectivity index is 1.62. The third kappa shape index (κ3) is 3.61. The van der Waals surface area contributed by atoms with Gasteiger partial charge in [0, 0.05) is 23.8 Å². The van der Waals surface area contributed by atoms with Crippen LogP contribution in [0.15, 0.2) is 48.7 Å². The Morgan fingerprint density at radius 1 is 1.18 bits per heavy atom. The zero-order valence-corrected chi connectivity index (χ0v) is 15.9. The van der Waals surface area contributed by atoms with Crippen molar-refractivity contribution < 1.29 is 19.4 Å². The predicted octanol–water partition coefficient (Wildman–Crippen LogP) is 4.07. The van der Waals surface area contributed by atoms with Crippen LogP contribution in [0, 0.1) is 0 Å². The topological polar surface area (TPSA) is 76.8 Å². The van der Waals surface area contributed by atoms with Crippen LogP contribution in [0.4, 0.5) is 4.79 Å². The number of rotatable bonds is 4. The highest BCUT2D eigenvalue weighted by Gasteiger charge is 2.14. The summed E-state index contributed by atoms with van der Waals surface area (Å²) in [5, 5.41) is 14.2. The average molecular weight is 400 g/mol. The van der Waals surface area contributed by atoms with Crippen molar-refractivity contribution in [2.24, 2.45) is 0 Å². The maximum atomic E-state index is 11.1. The Kier molecular flexibility index (Phi) is 4.83. The Bertz CT molecular complexity index is 1030. The SMILES string of the molecule is CN(Cc1cc(-n2ccc(-c3ccc4c(c3)OCCO4)n2)ccc1Cl)C(=O)O. The standard InChI is InChI=1S/C20H18ClN3O4/c1-23(20(25)26)12-14-10-15(3-4-16(14)21)24-7-6-17(22-24)13-2-5-18-19(11-13)28-9-8-27-18/h2-7,10-11H,8-9,12H2,1H3,(H,25,26). The summed E-state index contributed by atoms with van der Waals surface area (Å²) in [7, 11) is 1.50. The number of amides is 1. The molecule has 1 N–H and O–H groups in total. The van der Waals surface area contributed by atoms with Crippen LogP contribution >= 0.6 is 11.6 Å². The molecule has 1 aliphatic rings. The van der Waals surface area contributed by atoms with Gasteiger partial charge >= 0.3 is 6.09 Å². The Morgan fingerprint density at radius 2 is 1.96 bits per heavy atom. The fourth-order valence-electron chi connectivity index (χ4n) is 2.97. The zero-order chi connectivity index (χ0) is 19.7. The number of aromatic nitrogens is 2. The third-order valence-corrected chi connectivity index (χ3v) is 4.82. The number of hydrogen-bond donors (Lipinski definition) is 1. The van der Waals surface area contributed by atoms with E-state index < -0.39 is 6.09 Å². The number of fused-ring (bicyclic) bond motifs is 1. The lowest BCUT2D eigenvalue weighted by atomic mass is 10.1. The van der Waals surface area contributed by atoms with Crippen LogP contribution in [0.5, 0.6) is 11.5 Å². The molecule has 8 heteroatoms. The van der Waals surface area contributed by atoms with Gasteiger partial charge < -0.3 is 19.5 Å². The molecule has 0 unspecified atom stereocenters. The summed E-state index contributed by atoms with van der Waals surface area (Å²) in [5.74, 6) is 1.45. The average Bonchev–Trinajstić information content (AvgIpc) is 3.19. The van der Waals surface area contributed by atoms with Crippen molar-refractivity contribution in [1.29, 1.82) is 0 Å². The maximum absolute atomic E-state index is 11.1. The second-order valence-electron chi connectivity index (χ2n) is 6.42. The Morgan fingerprint density at radius 3 is 2.75 bits per heavy atom. The second kappa shape index (κ2) is 7.44. The van der Waals surface area contributed by atoms with Gasteiger partial charge in [-0.25, -0.2) is 9.48 Å². The monoisotopic (exact) mass is 399 g/mol. The molecule has 7 nitrogen and oxygen atoms in total. The second-order valence-corrected chi connectivity index (χ2v) is 6.83. The highest BCUT2D eigenvalue weighted by atomic mass is 35.5. The van der Waals surface area contributed by atoms with E-state index in [0.717, 1.165) is 22.7 Å². The van der Waals surface area contributed by atoms with Gasteiger partial charge in [0.2, 0.25) is 0 Å². The molecule has 3 aromatic rings. The molecular formula is C20H18ClN3O4. The van der Waals surface area contributed by atoms with Crippen molar-refractivity contribution in [3.8, 4) is 28.4 Å².